The lowest BCUT2D eigenvalue weighted by Crippen LogP contribution is -2.33. The normalized spacial score (nSPS) is 12.1. The first-order chi connectivity index (χ1) is 9.54. The third-order valence-corrected chi connectivity index (χ3v) is 3.05. The van der Waals surface area contributed by atoms with Gasteiger partial charge in [0.05, 0.1) is 6.26 Å². The predicted octanol–water partition coefficient (Wildman–Crippen LogP) is 2.66. The van der Waals surface area contributed by atoms with Gasteiger partial charge in [-0.1, -0.05) is 11.6 Å². The summed E-state index contributed by atoms with van der Waals surface area (Å²) in [6, 6.07) is 6.77. The molecule has 0 spiro atoms. The molecule has 2 rings (SSSR count). The molecule has 6 heteroatoms. The number of rotatable bonds is 5. The average Bonchev–Trinajstić information content (AvgIpc) is 2.88. The highest BCUT2D eigenvalue weighted by atomic mass is 35.5. The molecule has 0 aliphatic rings. The second kappa shape index (κ2) is 6.43. The number of halogens is 1. The number of nitrogen functional groups attached to an aromatic ring is 1. The Bertz CT molecular complexity index is 564. The molecule has 0 aliphatic heterocycles. The Morgan fingerprint density at radius 3 is 3.00 bits per heavy atom. The number of carbonyl (C=O) groups is 1. The van der Waals surface area contributed by atoms with E-state index in [4.69, 9.17) is 21.8 Å². The lowest BCUT2D eigenvalue weighted by atomic mass is 10.1. The molecule has 2 heterocycles. The number of pyridine rings is 1. The lowest BCUT2D eigenvalue weighted by molar-refractivity contribution is 0.0938. The summed E-state index contributed by atoms with van der Waals surface area (Å²) in [5.74, 6) is 0.918. The van der Waals surface area contributed by atoms with Gasteiger partial charge in [0.25, 0.3) is 5.91 Å². The highest BCUT2D eigenvalue weighted by Gasteiger charge is 2.12. The molecular formula is C14H16ClN3O2. The Hall–Kier alpha value is -2.01. The van der Waals surface area contributed by atoms with Crippen LogP contribution in [0.3, 0.4) is 0 Å². The number of nitrogens with two attached hydrogens (primary N) is 1. The molecular weight excluding hydrogens is 278 g/mol. The molecule has 1 unspecified atom stereocenters. The molecule has 0 saturated heterocycles. The number of amides is 1. The zero-order valence-corrected chi connectivity index (χ0v) is 11.9. The van der Waals surface area contributed by atoms with Gasteiger partial charge in [0, 0.05) is 18.0 Å². The maximum absolute atomic E-state index is 12.0. The summed E-state index contributed by atoms with van der Waals surface area (Å²) in [4.78, 5) is 15.9. The van der Waals surface area contributed by atoms with Crippen molar-refractivity contribution in [3.8, 4) is 0 Å². The third kappa shape index (κ3) is 3.99. The molecule has 3 N–H and O–H groups in total. The van der Waals surface area contributed by atoms with Crippen molar-refractivity contribution < 1.29 is 9.21 Å². The minimum absolute atomic E-state index is 0.0146. The highest BCUT2D eigenvalue weighted by Crippen LogP contribution is 2.13. The molecule has 0 saturated carbocycles. The molecule has 2 aromatic rings. The zero-order chi connectivity index (χ0) is 14.5. The number of furan rings is 1. The predicted molar refractivity (Wildman–Crippen MR) is 77.6 cm³/mol. The molecule has 5 nitrogen and oxygen atoms in total. The molecule has 106 valence electrons. The Morgan fingerprint density at radius 2 is 2.35 bits per heavy atom. The number of anilines is 1. The summed E-state index contributed by atoms with van der Waals surface area (Å²) in [5.41, 5.74) is 5.97. The topological polar surface area (TPSA) is 81.2 Å². The Morgan fingerprint density at radius 1 is 1.55 bits per heavy atom. The van der Waals surface area contributed by atoms with Crippen molar-refractivity contribution in [2.45, 2.75) is 25.8 Å². The van der Waals surface area contributed by atoms with E-state index >= 15 is 0 Å². The van der Waals surface area contributed by atoms with Crippen molar-refractivity contribution in [2.24, 2.45) is 0 Å². The van der Waals surface area contributed by atoms with Crippen molar-refractivity contribution in [2.75, 3.05) is 5.73 Å². The first-order valence-electron chi connectivity index (χ1n) is 6.31. The van der Waals surface area contributed by atoms with Gasteiger partial charge in [-0.2, -0.15) is 0 Å². The molecule has 1 amide bonds. The molecule has 0 fully saturated rings. The van der Waals surface area contributed by atoms with Crippen molar-refractivity contribution >= 4 is 23.3 Å². The second-order valence-electron chi connectivity index (χ2n) is 4.60. The number of aryl methyl sites for hydroxylation is 1. The van der Waals surface area contributed by atoms with E-state index in [1.165, 1.54) is 12.1 Å². The summed E-state index contributed by atoms with van der Waals surface area (Å²) in [5, 5.41) is 3.10. The number of aromatic nitrogens is 1. The lowest BCUT2D eigenvalue weighted by Gasteiger charge is -2.13. The van der Waals surface area contributed by atoms with E-state index in [-0.39, 0.29) is 22.9 Å². The van der Waals surface area contributed by atoms with Crippen LogP contribution >= 0.6 is 11.6 Å². The quantitative estimate of drug-likeness (QED) is 0.831. The Kier molecular flexibility index (Phi) is 4.63. The van der Waals surface area contributed by atoms with Crippen LogP contribution in [0.15, 0.2) is 34.9 Å². The fourth-order valence-electron chi connectivity index (χ4n) is 1.84. The van der Waals surface area contributed by atoms with Crippen molar-refractivity contribution in [1.82, 2.24) is 10.3 Å². The van der Waals surface area contributed by atoms with E-state index in [9.17, 15) is 4.79 Å². The van der Waals surface area contributed by atoms with Gasteiger partial charge in [-0.3, -0.25) is 4.79 Å². The molecule has 0 aliphatic carbocycles. The second-order valence-corrected chi connectivity index (χ2v) is 4.98. The summed E-state index contributed by atoms with van der Waals surface area (Å²) in [6.07, 6.45) is 3.20. The number of carbonyl (C=O) groups excluding carboxylic acids is 1. The van der Waals surface area contributed by atoms with E-state index in [0.29, 0.717) is 5.56 Å². The maximum atomic E-state index is 12.0. The van der Waals surface area contributed by atoms with Crippen molar-refractivity contribution in [3.63, 3.8) is 0 Å². The number of nitrogens with one attached hydrogen (secondary N) is 1. The summed E-state index contributed by atoms with van der Waals surface area (Å²) in [6.45, 7) is 1.94. The van der Waals surface area contributed by atoms with Gasteiger partial charge >= 0.3 is 0 Å². The summed E-state index contributed by atoms with van der Waals surface area (Å²) in [7, 11) is 0. The molecule has 2 aromatic heterocycles. The molecule has 20 heavy (non-hydrogen) atoms. The Labute approximate surface area is 122 Å². The smallest absolute Gasteiger partial charge is 0.251 e. The fraction of sp³-hybridized carbons (Fsp3) is 0.286. The minimum Gasteiger partial charge on any atom is -0.469 e. The van der Waals surface area contributed by atoms with Crippen LogP contribution in [0.2, 0.25) is 5.15 Å². The van der Waals surface area contributed by atoms with Crippen LogP contribution in [-0.4, -0.2) is 16.9 Å². The van der Waals surface area contributed by atoms with E-state index in [0.717, 1.165) is 18.6 Å². The number of hydrogen-bond acceptors (Lipinski definition) is 4. The zero-order valence-electron chi connectivity index (χ0n) is 11.1. The van der Waals surface area contributed by atoms with E-state index < -0.39 is 0 Å². The first kappa shape index (κ1) is 14.4. The SMILES string of the molecule is CC(CCc1ccco1)NC(=O)c1cc(N)nc(Cl)c1. The number of hydrogen-bond donors (Lipinski definition) is 2. The van der Waals surface area contributed by atoms with Crippen LogP contribution in [0.1, 0.15) is 29.5 Å². The third-order valence-electron chi connectivity index (χ3n) is 2.86. The summed E-state index contributed by atoms with van der Waals surface area (Å²) >= 11 is 5.78. The van der Waals surface area contributed by atoms with Crippen LogP contribution in [0, 0.1) is 0 Å². The van der Waals surface area contributed by atoms with Gasteiger partial charge in [0.1, 0.15) is 16.7 Å². The van der Waals surface area contributed by atoms with Crippen LogP contribution in [0.5, 0.6) is 0 Å². The van der Waals surface area contributed by atoms with Gasteiger partial charge in [0.2, 0.25) is 0 Å². The van der Waals surface area contributed by atoms with Crippen LogP contribution < -0.4 is 11.1 Å². The standard InChI is InChI=1S/C14H16ClN3O2/c1-9(4-5-11-3-2-6-20-11)17-14(19)10-7-12(15)18-13(16)8-10/h2-3,6-9H,4-5H2,1H3,(H2,16,18)(H,17,19). The van der Waals surface area contributed by atoms with Gasteiger partial charge in [0.15, 0.2) is 0 Å². The largest absolute Gasteiger partial charge is 0.469 e. The van der Waals surface area contributed by atoms with Crippen molar-refractivity contribution in [1.29, 1.82) is 0 Å². The van der Waals surface area contributed by atoms with E-state index in [1.54, 1.807) is 6.26 Å². The Balaban J connectivity index is 1.90. The number of nitrogens with zero attached hydrogens (tertiary/aromatic N) is 1. The van der Waals surface area contributed by atoms with Crippen molar-refractivity contribution in [3.05, 3.63) is 47.0 Å². The molecule has 0 aromatic carbocycles. The van der Waals surface area contributed by atoms with Gasteiger partial charge in [-0.15, -0.1) is 0 Å². The van der Waals surface area contributed by atoms with E-state index in [2.05, 4.69) is 10.3 Å². The molecule has 1 atom stereocenters. The van der Waals surface area contributed by atoms with Crippen LogP contribution in [0.25, 0.3) is 0 Å². The summed E-state index contributed by atoms with van der Waals surface area (Å²) < 4.78 is 5.25. The fourth-order valence-corrected chi connectivity index (χ4v) is 2.06. The van der Waals surface area contributed by atoms with Crippen LogP contribution in [-0.2, 0) is 6.42 Å². The monoisotopic (exact) mass is 293 g/mol. The molecule has 0 bridgehead atoms. The average molecular weight is 294 g/mol. The minimum atomic E-state index is -0.215. The van der Waals surface area contributed by atoms with E-state index in [1.807, 2.05) is 19.1 Å². The maximum Gasteiger partial charge on any atom is 0.251 e. The van der Waals surface area contributed by atoms with Gasteiger partial charge < -0.3 is 15.5 Å². The van der Waals surface area contributed by atoms with Gasteiger partial charge in [-0.25, -0.2) is 4.98 Å². The highest BCUT2D eigenvalue weighted by molar-refractivity contribution is 6.29. The first-order valence-corrected chi connectivity index (χ1v) is 6.68. The molecule has 0 radical (unpaired) electrons. The van der Waals surface area contributed by atoms with Gasteiger partial charge in [-0.05, 0) is 37.6 Å². The van der Waals surface area contributed by atoms with Crippen LogP contribution in [0.4, 0.5) is 5.82 Å².